The van der Waals surface area contributed by atoms with Crippen LogP contribution in [0.15, 0.2) is 44.4 Å². The van der Waals surface area contributed by atoms with Gasteiger partial charge in [-0.25, -0.2) is 8.42 Å². The summed E-state index contributed by atoms with van der Waals surface area (Å²) in [5.74, 6) is -0.261. The van der Waals surface area contributed by atoms with Crippen LogP contribution in [0.3, 0.4) is 0 Å². The first-order valence-corrected chi connectivity index (χ1v) is 8.81. The number of rotatable bonds is 6. The first-order chi connectivity index (χ1) is 9.88. The highest BCUT2D eigenvalue weighted by Crippen LogP contribution is 2.29. The lowest BCUT2D eigenvalue weighted by molar-refractivity contribution is -0.119. The van der Waals surface area contributed by atoms with Gasteiger partial charge in [0, 0.05) is 10.5 Å². The van der Waals surface area contributed by atoms with Crippen molar-refractivity contribution in [2.75, 3.05) is 11.3 Å². The van der Waals surface area contributed by atoms with Gasteiger partial charge in [-0.05, 0) is 39.5 Å². The zero-order chi connectivity index (χ0) is 15.5. The molecule has 21 heavy (non-hydrogen) atoms. The third kappa shape index (κ3) is 4.19. The van der Waals surface area contributed by atoms with E-state index in [2.05, 4.69) is 20.7 Å². The summed E-state index contributed by atoms with van der Waals surface area (Å²) in [6, 6.07) is 7.92. The van der Waals surface area contributed by atoms with E-state index in [-0.39, 0.29) is 10.8 Å². The molecule has 0 bridgehead atoms. The summed E-state index contributed by atoms with van der Waals surface area (Å²) in [7, 11) is -3.67. The second kappa shape index (κ2) is 6.46. The number of benzene rings is 1. The van der Waals surface area contributed by atoms with E-state index in [0.717, 1.165) is 11.3 Å². The fraction of sp³-hybridized carbons (Fsp3) is 0.0833. The SMILES string of the molecule is NC(=O)COc1cccc(NS(=O)(=O)c2sccc2Br)c1. The van der Waals surface area contributed by atoms with E-state index in [4.69, 9.17) is 10.5 Å². The predicted octanol–water partition coefficient (Wildman–Crippen LogP) is 2.18. The number of nitrogens with one attached hydrogen (secondary N) is 1. The van der Waals surface area contributed by atoms with E-state index >= 15 is 0 Å². The van der Waals surface area contributed by atoms with Crippen LogP contribution >= 0.6 is 27.3 Å². The molecule has 1 heterocycles. The van der Waals surface area contributed by atoms with Crippen molar-refractivity contribution < 1.29 is 17.9 Å². The predicted molar refractivity (Wildman–Crippen MR) is 84.0 cm³/mol. The van der Waals surface area contributed by atoms with Gasteiger partial charge in [0.2, 0.25) is 0 Å². The minimum atomic E-state index is -3.67. The van der Waals surface area contributed by atoms with E-state index in [1.807, 2.05) is 0 Å². The van der Waals surface area contributed by atoms with Gasteiger partial charge in [0.25, 0.3) is 15.9 Å². The van der Waals surface area contributed by atoms with Gasteiger partial charge >= 0.3 is 0 Å². The minimum Gasteiger partial charge on any atom is -0.484 e. The Kier molecular flexibility index (Phi) is 4.86. The Labute approximate surface area is 134 Å². The Balaban J connectivity index is 2.18. The number of hydrogen-bond donors (Lipinski definition) is 2. The van der Waals surface area contributed by atoms with Crippen molar-refractivity contribution >= 4 is 48.9 Å². The molecule has 6 nitrogen and oxygen atoms in total. The van der Waals surface area contributed by atoms with E-state index < -0.39 is 15.9 Å². The molecule has 1 aromatic heterocycles. The number of halogens is 1. The fourth-order valence-corrected chi connectivity index (χ4v) is 4.87. The number of hydrogen-bond acceptors (Lipinski definition) is 5. The van der Waals surface area contributed by atoms with E-state index in [1.54, 1.807) is 29.6 Å². The van der Waals surface area contributed by atoms with E-state index in [9.17, 15) is 13.2 Å². The molecule has 112 valence electrons. The number of primary amides is 1. The first-order valence-electron chi connectivity index (χ1n) is 5.65. The Hall–Kier alpha value is -1.58. The topological polar surface area (TPSA) is 98.5 Å². The number of carbonyl (C=O) groups excluding carboxylic acids is 1. The maximum atomic E-state index is 12.2. The smallest absolute Gasteiger partial charge is 0.272 e. The Morgan fingerprint density at radius 2 is 2.14 bits per heavy atom. The lowest BCUT2D eigenvalue weighted by Crippen LogP contribution is -2.20. The van der Waals surface area contributed by atoms with Crippen LogP contribution in [0, 0.1) is 0 Å². The summed E-state index contributed by atoms with van der Waals surface area (Å²) in [6.45, 7) is -0.271. The van der Waals surface area contributed by atoms with Crippen LogP contribution in [-0.2, 0) is 14.8 Å². The zero-order valence-corrected chi connectivity index (χ0v) is 13.8. The Morgan fingerprint density at radius 1 is 1.38 bits per heavy atom. The first kappa shape index (κ1) is 15.8. The van der Waals surface area contributed by atoms with Gasteiger partial charge in [-0.1, -0.05) is 6.07 Å². The van der Waals surface area contributed by atoms with Gasteiger partial charge in [-0.3, -0.25) is 9.52 Å². The van der Waals surface area contributed by atoms with Gasteiger partial charge < -0.3 is 10.5 Å². The third-order valence-electron chi connectivity index (χ3n) is 2.30. The van der Waals surface area contributed by atoms with Gasteiger partial charge in [0.1, 0.15) is 5.75 Å². The van der Waals surface area contributed by atoms with Gasteiger partial charge in [0.15, 0.2) is 10.8 Å². The number of anilines is 1. The zero-order valence-electron chi connectivity index (χ0n) is 10.6. The summed E-state index contributed by atoms with van der Waals surface area (Å²) >= 11 is 4.29. The summed E-state index contributed by atoms with van der Waals surface area (Å²) in [6.07, 6.45) is 0. The summed E-state index contributed by atoms with van der Waals surface area (Å²) in [5, 5.41) is 1.67. The van der Waals surface area contributed by atoms with Crippen LogP contribution in [0.4, 0.5) is 5.69 Å². The summed E-state index contributed by atoms with van der Waals surface area (Å²) in [4.78, 5) is 10.7. The lowest BCUT2D eigenvalue weighted by Gasteiger charge is -2.09. The average molecular weight is 391 g/mol. The van der Waals surface area contributed by atoms with Crippen molar-refractivity contribution in [1.29, 1.82) is 0 Å². The molecule has 0 unspecified atom stereocenters. The summed E-state index contributed by atoms with van der Waals surface area (Å²) in [5.41, 5.74) is 5.31. The molecule has 0 radical (unpaired) electrons. The number of ether oxygens (including phenoxy) is 1. The normalized spacial score (nSPS) is 11.1. The number of nitrogens with two attached hydrogens (primary N) is 1. The molecule has 0 aliphatic carbocycles. The molecule has 1 aromatic carbocycles. The van der Waals surface area contributed by atoms with Crippen molar-refractivity contribution in [3.05, 3.63) is 40.2 Å². The second-order valence-electron chi connectivity index (χ2n) is 3.94. The van der Waals surface area contributed by atoms with Crippen LogP contribution in [0.5, 0.6) is 5.75 Å². The third-order valence-corrected chi connectivity index (χ3v) is 6.35. The molecule has 9 heteroatoms. The van der Waals surface area contributed by atoms with Crippen LogP contribution in [0.2, 0.25) is 0 Å². The number of amides is 1. The minimum absolute atomic E-state index is 0.186. The Morgan fingerprint density at radius 3 is 2.76 bits per heavy atom. The molecule has 0 saturated heterocycles. The second-order valence-corrected chi connectivity index (χ2v) is 7.59. The maximum absolute atomic E-state index is 12.2. The maximum Gasteiger partial charge on any atom is 0.272 e. The van der Waals surface area contributed by atoms with Crippen molar-refractivity contribution in [1.82, 2.24) is 0 Å². The number of sulfonamides is 1. The highest BCUT2D eigenvalue weighted by atomic mass is 79.9. The molecule has 2 aromatic rings. The highest BCUT2D eigenvalue weighted by Gasteiger charge is 2.19. The largest absolute Gasteiger partial charge is 0.484 e. The molecular weight excluding hydrogens is 380 g/mol. The van der Waals surface area contributed by atoms with Crippen LogP contribution < -0.4 is 15.2 Å². The van der Waals surface area contributed by atoms with Gasteiger partial charge in [-0.2, -0.15) is 0 Å². The fourth-order valence-electron chi connectivity index (χ4n) is 1.48. The molecule has 0 aliphatic rings. The molecule has 0 saturated carbocycles. The lowest BCUT2D eigenvalue weighted by atomic mass is 10.3. The van der Waals surface area contributed by atoms with Crippen molar-refractivity contribution in [3.63, 3.8) is 0 Å². The van der Waals surface area contributed by atoms with Crippen LogP contribution in [-0.4, -0.2) is 20.9 Å². The van der Waals surface area contributed by atoms with E-state index in [0.29, 0.717) is 15.9 Å². The quantitative estimate of drug-likeness (QED) is 0.789. The van der Waals surface area contributed by atoms with Crippen LogP contribution in [0.25, 0.3) is 0 Å². The van der Waals surface area contributed by atoms with Crippen molar-refractivity contribution in [3.8, 4) is 5.75 Å². The molecule has 2 rings (SSSR count). The molecule has 0 aliphatic heterocycles. The molecule has 0 fully saturated rings. The number of carbonyl (C=O) groups is 1. The summed E-state index contributed by atoms with van der Waals surface area (Å²) < 4.78 is 32.7. The molecule has 0 atom stereocenters. The van der Waals surface area contributed by atoms with Crippen molar-refractivity contribution in [2.24, 2.45) is 5.73 Å². The highest BCUT2D eigenvalue weighted by molar-refractivity contribution is 9.10. The van der Waals surface area contributed by atoms with Crippen LogP contribution in [0.1, 0.15) is 0 Å². The van der Waals surface area contributed by atoms with Crippen molar-refractivity contribution in [2.45, 2.75) is 4.21 Å². The van der Waals surface area contributed by atoms with E-state index in [1.165, 1.54) is 6.07 Å². The number of thiophene rings is 1. The molecule has 0 spiro atoms. The standard InChI is InChI=1S/C12H11BrN2O4S2/c13-10-4-5-20-12(10)21(17,18)15-8-2-1-3-9(6-8)19-7-11(14)16/h1-6,15H,7H2,(H2,14,16). The average Bonchev–Trinajstić information content (AvgIpc) is 2.83. The van der Waals surface area contributed by atoms with Gasteiger partial charge in [-0.15, -0.1) is 11.3 Å². The van der Waals surface area contributed by atoms with Gasteiger partial charge in [0.05, 0.1) is 5.69 Å². The molecule has 3 N–H and O–H groups in total. The molecule has 1 amide bonds. The Bertz CT molecular complexity index is 758. The monoisotopic (exact) mass is 390 g/mol. The molecular formula is C12H11BrN2O4S2.